The summed E-state index contributed by atoms with van der Waals surface area (Å²) in [6.45, 7) is 3.30. The molecule has 0 radical (unpaired) electrons. The summed E-state index contributed by atoms with van der Waals surface area (Å²) in [7, 11) is 1.41. The number of hydrogen-bond donors (Lipinski definition) is 0. The maximum absolute atomic E-state index is 11.7. The van der Waals surface area contributed by atoms with Crippen LogP contribution in [0.4, 0.5) is 0 Å². The van der Waals surface area contributed by atoms with Gasteiger partial charge in [-0.15, -0.1) is 0 Å². The van der Waals surface area contributed by atoms with Crippen LogP contribution in [-0.2, 0) is 19.1 Å². The third-order valence-corrected chi connectivity index (χ3v) is 3.19. The van der Waals surface area contributed by atoms with Crippen molar-refractivity contribution in [1.29, 1.82) is 0 Å². The van der Waals surface area contributed by atoms with Crippen molar-refractivity contribution < 1.29 is 19.1 Å². The van der Waals surface area contributed by atoms with E-state index in [9.17, 15) is 9.59 Å². The summed E-state index contributed by atoms with van der Waals surface area (Å²) in [4.78, 5) is 22.6. The molecule has 0 aromatic rings. The molecule has 17 heavy (non-hydrogen) atoms. The molecule has 4 heteroatoms. The highest BCUT2D eigenvalue weighted by Crippen LogP contribution is 2.33. The Bertz CT molecular complexity index is 321. The maximum Gasteiger partial charge on any atom is 0.311 e. The summed E-state index contributed by atoms with van der Waals surface area (Å²) in [6, 6.07) is 0. The molecular weight excluding hydrogens is 220 g/mol. The van der Waals surface area contributed by atoms with Gasteiger partial charge in [-0.2, -0.15) is 0 Å². The molecule has 0 fully saturated rings. The van der Waals surface area contributed by atoms with Gasteiger partial charge in [0, 0.05) is 6.92 Å². The van der Waals surface area contributed by atoms with Gasteiger partial charge in [0.05, 0.1) is 12.5 Å². The van der Waals surface area contributed by atoms with Crippen LogP contribution in [0.3, 0.4) is 0 Å². The summed E-state index contributed by atoms with van der Waals surface area (Å²) in [6.07, 6.45) is 6.53. The minimum Gasteiger partial charge on any atom is -0.469 e. The maximum atomic E-state index is 11.7. The van der Waals surface area contributed by atoms with E-state index in [1.54, 1.807) is 0 Å². The van der Waals surface area contributed by atoms with Gasteiger partial charge < -0.3 is 9.47 Å². The van der Waals surface area contributed by atoms with Gasteiger partial charge in [0.1, 0.15) is 6.10 Å². The van der Waals surface area contributed by atoms with Gasteiger partial charge >= 0.3 is 11.9 Å². The molecule has 0 bridgehead atoms. The van der Waals surface area contributed by atoms with E-state index in [2.05, 4.69) is 0 Å². The van der Waals surface area contributed by atoms with Crippen LogP contribution in [0.1, 0.15) is 39.5 Å². The zero-order chi connectivity index (χ0) is 12.9. The molecule has 96 valence electrons. The van der Waals surface area contributed by atoms with Crippen molar-refractivity contribution in [3.8, 4) is 0 Å². The van der Waals surface area contributed by atoms with Crippen LogP contribution < -0.4 is 0 Å². The molecule has 0 spiro atoms. The molecule has 1 aliphatic carbocycles. The molecule has 0 amide bonds. The highest BCUT2D eigenvalue weighted by atomic mass is 16.5. The van der Waals surface area contributed by atoms with Crippen LogP contribution in [-0.4, -0.2) is 25.2 Å². The number of hydrogen-bond acceptors (Lipinski definition) is 4. The molecular formula is C13H20O4. The average Bonchev–Trinajstić information content (AvgIpc) is 2.27. The Morgan fingerprint density at radius 1 is 1.35 bits per heavy atom. The van der Waals surface area contributed by atoms with E-state index in [-0.39, 0.29) is 18.0 Å². The predicted octanol–water partition coefficient (Wildman–Crippen LogP) is 2.23. The van der Waals surface area contributed by atoms with Crippen molar-refractivity contribution in [3.05, 3.63) is 12.2 Å². The fourth-order valence-electron chi connectivity index (χ4n) is 2.09. The lowest BCUT2D eigenvalue weighted by Crippen LogP contribution is -2.31. The van der Waals surface area contributed by atoms with Crippen molar-refractivity contribution >= 4 is 11.9 Å². The fourth-order valence-corrected chi connectivity index (χ4v) is 2.09. The standard InChI is InChI=1S/C13H20O4/c1-10(14)17-11-6-4-5-8-13(2,9-7-11)12(15)16-3/h4,6,11H,5,7-9H2,1-3H3/b6-4+/t11-,13+/m0/s1. The summed E-state index contributed by atoms with van der Waals surface area (Å²) in [5.74, 6) is -0.477. The van der Waals surface area contributed by atoms with E-state index < -0.39 is 5.41 Å². The third kappa shape index (κ3) is 3.88. The van der Waals surface area contributed by atoms with E-state index in [0.29, 0.717) is 12.8 Å². The van der Waals surface area contributed by atoms with E-state index in [1.807, 2.05) is 19.1 Å². The van der Waals surface area contributed by atoms with Gasteiger partial charge in [-0.1, -0.05) is 6.08 Å². The second kappa shape index (κ2) is 5.84. The van der Waals surface area contributed by atoms with Crippen molar-refractivity contribution in [2.75, 3.05) is 7.11 Å². The topological polar surface area (TPSA) is 52.6 Å². The van der Waals surface area contributed by atoms with Crippen LogP contribution in [0, 0.1) is 5.41 Å². The van der Waals surface area contributed by atoms with Crippen molar-refractivity contribution in [2.24, 2.45) is 5.41 Å². The smallest absolute Gasteiger partial charge is 0.311 e. The molecule has 0 N–H and O–H groups in total. The van der Waals surface area contributed by atoms with Crippen molar-refractivity contribution in [1.82, 2.24) is 0 Å². The minimum atomic E-state index is -0.474. The third-order valence-electron chi connectivity index (χ3n) is 3.19. The molecule has 0 unspecified atom stereocenters. The average molecular weight is 240 g/mol. The normalized spacial score (nSPS) is 30.9. The number of allylic oxidation sites excluding steroid dienone is 1. The largest absolute Gasteiger partial charge is 0.469 e. The second-order valence-corrected chi connectivity index (χ2v) is 4.71. The molecule has 0 heterocycles. The van der Waals surface area contributed by atoms with E-state index in [4.69, 9.17) is 9.47 Å². The Morgan fingerprint density at radius 2 is 2.06 bits per heavy atom. The molecule has 0 aliphatic heterocycles. The summed E-state index contributed by atoms with van der Waals surface area (Å²) >= 11 is 0. The molecule has 1 aliphatic rings. The summed E-state index contributed by atoms with van der Waals surface area (Å²) < 4.78 is 9.99. The van der Waals surface area contributed by atoms with Crippen LogP contribution >= 0.6 is 0 Å². The molecule has 0 aromatic carbocycles. The van der Waals surface area contributed by atoms with Gasteiger partial charge in [0.25, 0.3) is 0 Å². The molecule has 0 saturated heterocycles. The quantitative estimate of drug-likeness (QED) is 0.548. The van der Waals surface area contributed by atoms with E-state index in [1.165, 1.54) is 14.0 Å². The Hall–Kier alpha value is -1.32. The molecule has 0 saturated carbocycles. The number of rotatable bonds is 2. The number of ether oxygens (including phenoxy) is 2. The van der Waals surface area contributed by atoms with Crippen LogP contribution in [0.15, 0.2) is 12.2 Å². The predicted molar refractivity (Wildman–Crippen MR) is 63.3 cm³/mol. The zero-order valence-corrected chi connectivity index (χ0v) is 10.7. The van der Waals surface area contributed by atoms with Crippen LogP contribution in [0.25, 0.3) is 0 Å². The monoisotopic (exact) mass is 240 g/mol. The first-order chi connectivity index (χ1) is 7.98. The second-order valence-electron chi connectivity index (χ2n) is 4.71. The van der Waals surface area contributed by atoms with E-state index >= 15 is 0 Å². The number of carbonyl (C=O) groups is 2. The fraction of sp³-hybridized carbons (Fsp3) is 0.692. The molecule has 0 aromatic heterocycles. The zero-order valence-electron chi connectivity index (χ0n) is 10.7. The first-order valence-corrected chi connectivity index (χ1v) is 5.90. The Kier molecular flexibility index (Phi) is 4.73. The lowest BCUT2D eigenvalue weighted by molar-refractivity contribution is -0.153. The van der Waals surface area contributed by atoms with Gasteiger partial charge in [-0.05, 0) is 38.7 Å². The Morgan fingerprint density at radius 3 is 2.65 bits per heavy atom. The highest BCUT2D eigenvalue weighted by molar-refractivity contribution is 5.76. The van der Waals surface area contributed by atoms with Crippen molar-refractivity contribution in [3.63, 3.8) is 0 Å². The Labute approximate surface area is 102 Å². The van der Waals surface area contributed by atoms with Gasteiger partial charge in [-0.25, -0.2) is 0 Å². The van der Waals surface area contributed by atoms with Crippen LogP contribution in [0.5, 0.6) is 0 Å². The van der Waals surface area contributed by atoms with Gasteiger partial charge in [0.15, 0.2) is 0 Å². The lowest BCUT2D eigenvalue weighted by Gasteiger charge is -2.29. The number of carbonyl (C=O) groups excluding carboxylic acids is 2. The lowest BCUT2D eigenvalue weighted by atomic mass is 9.79. The van der Waals surface area contributed by atoms with Gasteiger partial charge in [0.2, 0.25) is 0 Å². The summed E-state index contributed by atoms with van der Waals surface area (Å²) in [5.41, 5.74) is -0.474. The van der Waals surface area contributed by atoms with Crippen LogP contribution in [0.2, 0.25) is 0 Å². The number of esters is 2. The highest BCUT2D eigenvalue weighted by Gasteiger charge is 2.34. The first kappa shape index (κ1) is 13.7. The minimum absolute atomic E-state index is 0.186. The van der Waals surface area contributed by atoms with E-state index in [0.717, 1.165) is 12.8 Å². The number of methoxy groups -OCH3 is 1. The van der Waals surface area contributed by atoms with Gasteiger partial charge in [-0.3, -0.25) is 9.59 Å². The molecule has 4 nitrogen and oxygen atoms in total. The Balaban J connectivity index is 2.69. The molecule has 1 rings (SSSR count). The molecule has 2 atom stereocenters. The van der Waals surface area contributed by atoms with Crippen molar-refractivity contribution in [2.45, 2.75) is 45.6 Å². The summed E-state index contributed by atoms with van der Waals surface area (Å²) in [5, 5.41) is 0. The first-order valence-electron chi connectivity index (χ1n) is 5.90. The SMILES string of the molecule is COC(=O)[C@]1(C)CC/C=C/[C@H](OC(C)=O)CC1.